The minimum absolute atomic E-state index is 0.158. The summed E-state index contributed by atoms with van der Waals surface area (Å²) < 4.78 is 54.2. The monoisotopic (exact) mass is 905 g/mol. The fraction of sp³-hybridized carbons (Fsp3) is 0.918. The lowest BCUT2D eigenvalue weighted by atomic mass is 10.00. The topological polar surface area (TPSA) is 186 Å². The van der Waals surface area contributed by atoms with Gasteiger partial charge in [-0.1, -0.05) is 193 Å². The minimum atomic E-state index is -4.60. The number of hydrogen-bond donors (Lipinski definition) is 4. The Kier molecular flexibility index (Phi) is 37.4. The molecule has 2 unspecified atom stereocenters. The second kappa shape index (κ2) is 39.7. The van der Waals surface area contributed by atoms with Gasteiger partial charge in [0.1, 0.15) is 36.8 Å². The summed E-state index contributed by atoms with van der Waals surface area (Å²) in [5, 5.41) is 30.9. The fourth-order valence-electron chi connectivity index (χ4n) is 7.91. The van der Waals surface area contributed by atoms with Gasteiger partial charge in [-0.15, -0.1) is 0 Å². The van der Waals surface area contributed by atoms with Crippen LogP contribution in [0.3, 0.4) is 0 Å². The van der Waals surface area contributed by atoms with Crippen molar-refractivity contribution in [2.45, 2.75) is 269 Å². The van der Waals surface area contributed by atoms with Crippen LogP contribution in [0.5, 0.6) is 0 Å². The van der Waals surface area contributed by atoms with Crippen LogP contribution >= 0.6 is 0 Å². The van der Waals surface area contributed by atoms with Gasteiger partial charge in [-0.05, 0) is 38.5 Å². The highest BCUT2D eigenvalue weighted by Gasteiger charge is 2.46. The Morgan fingerprint density at radius 2 is 0.919 bits per heavy atom. The van der Waals surface area contributed by atoms with Gasteiger partial charge in [0.25, 0.3) is 10.1 Å². The van der Waals surface area contributed by atoms with Gasteiger partial charge in [-0.25, -0.2) is 0 Å². The highest BCUT2D eigenvalue weighted by Crippen LogP contribution is 2.24. The van der Waals surface area contributed by atoms with E-state index in [9.17, 15) is 37.9 Å². The maximum absolute atomic E-state index is 12.8. The quantitative estimate of drug-likeness (QED) is 0.0197. The first-order chi connectivity index (χ1) is 30.0. The van der Waals surface area contributed by atoms with E-state index in [2.05, 4.69) is 26.0 Å². The van der Waals surface area contributed by atoms with Crippen molar-refractivity contribution >= 4 is 22.1 Å². The zero-order valence-electron chi connectivity index (χ0n) is 39.2. The largest absolute Gasteiger partial charge is 0.462 e. The van der Waals surface area contributed by atoms with Crippen molar-refractivity contribution < 1.29 is 56.8 Å². The summed E-state index contributed by atoms with van der Waals surface area (Å²) in [6.45, 7) is 3.78. The van der Waals surface area contributed by atoms with Crippen LogP contribution in [0.2, 0.25) is 0 Å². The molecule has 0 aromatic rings. The number of ether oxygens (including phenoxy) is 4. The Hall–Kier alpha value is -1.61. The Morgan fingerprint density at radius 1 is 0.532 bits per heavy atom. The number of aliphatic hydroxyl groups is 3. The number of carbonyl (C=O) groups excluding carboxylic acids is 2. The molecule has 62 heavy (non-hydrogen) atoms. The molecule has 12 nitrogen and oxygen atoms in total. The molecule has 0 spiro atoms. The second-order valence-electron chi connectivity index (χ2n) is 17.8. The molecule has 0 aromatic heterocycles. The first-order valence-electron chi connectivity index (χ1n) is 25.2. The van der Waals surface area contributed by atoms with E-state index in [1.54, 1.807) is 0 Å². The van der Waals surface area contributed by atoms with E-state index in [1.165, 1.54) is 135 Å². The normalized spacial score (nSPS) is 19.9. The summed E-state index contributed by atoms with van der Waals surface area (Å²) in [4.78, 5) is 25.5. The predicted molar refractivity (Wildman–Crippen MR) is 247 cm³/mol. The van der Waals surface area contributed by atoms with E-state index in [-0.39, 0.29) is 19.4 Å². The molecule has 1 aliphatic heterocycles. The maximum atomic E-state index is 12.8. The maximum Gasteiger partial charge on any atom is 0.306 e. The lowest BCUT2D eigenvalue weighted by molar-refractivity contribution is -0.297. The van der Waals surface area contributed by atoms with Crippen LogP contribution in [-0.2, 0) is 38.7 Å². The SMILES string of the molecule is CCCCCCC/C=C/CCCCCCCC(=O)O[C@H](COC(=O)CCCCCCCCCCCCCCCCCCCCCC)CO[C@H]1O[C@H](CS(=O)(=O)O)[C@@H](O)C(O)C1O. The third-order valence-electron chi connectivity index (χ3n) is 11.8. The Bertz CT molecular complexity index is 1200. The van der Waals surface area contributed by atoms with E-state index in [4.69, 9.17) is 18.9 Å². The molecule has 0 radical (unpaired) electrons. The van der Waals surface area contributed by atoms with Crippen molar-refractivity contribution in [1.29, 1.82) is 0 Å². The van der Waals surface area contributed by atoms with Gasteiger partial charge >= 0.3 is 11.9 Å². The molecule has 0 amide bonds. The lowest BCUT2D eigenvalue weighted by Gasteiger charge is -2.40. The standard InChI is InChI=1S/C49H92O12S/c1-3-5-7-9-11-13-15-17-19-20-21-22-23-24-26-27-29-31-33-35-37-44(50)58-39-42(40-59-49-48(54)47(53)46(52)43(61-49)41-62(55,56)57)60-45(51)38-36-34-32-30-28-25-18-16-14-12-10-8-6-4-2/h16,18,42-43,46-49,52-54H,3-15,17,19-41H2,1-2H3,(H,55,56,57)/b18-16+/t42-,43-,46-,47?,48?,49+/m1/s1. The van der Waals surface area contributed by atoms with Gasteiger partial charge in [-0.2, -0.15) is 8.42 Å². The smallest absolute Gasteiger partial charge is 0.306 e. The van der Waals surface area contributed by atoms with Gasteiger partial charge in [0.2, 0.25) is 0 Å². The van der Waals surface area contributed by atoms with Crippen LogP contribution in [0.25, 0.3) is 0 Å². The molecular weight excluding hydrogens is 813 g/mol. The molecule has 1 aliphatic rings. The van der Waals surface area contributed by atoms with Crippen LogP contribution in [-0.4, -0.2) is 96.0 Å². The number of allylic oxidation sites excluding steroid dienone is 2. The molecule has 0 aliphatic carbocycles. The van der Waals surface area contributed by atoms with Gasteiger partial charge < -0.3 is 34.3 Å². The predicted octanol–water partition coefficient (Wildman–Crippen LogP) is 11.0. The molecule has 1 rings (SSSR count). The van der Waals surface area contributed by atoms with Crippen molar-refractivity contribution in [1.82, 2.24) is 0 Å². The Morgan fingerprint density at radius 3 is 1.34 bits per heavy atom. The number of rotatable bonds is 43. The third-order valence-corrected chi connectivity index (χ3v) is 12.6. The van der Waals surface area contributed by atoms with Crippen molar-refractivity contribution in [2.75, 3.05) is 19.0 Å². The van der Waals surface area contributed by atoms with Crippen molar-refractivity contribution in [2.24, 2.45) is 0 Å². The number of unbranched alkanes of at least 4 members (excludes halogenated alkanes) is 29. The Balaban J connectivity index is 2.36. The van der Waals surface area contributed by atoms with Crippen molar-refractivity contribution in [3.8, 4) is 0 Å². The molecule has 1 heterocycles. The lowest BCUT2D eigenvalue weighted by Crippen LogP contribution is -2.60. The zero-order chi connectivity index (χ0) is 45.5. The highest BCUT2D eigenvalue weighted by molar-refractivity contribution is 7.85. The molecule has 4 N–H and O–H groups in total. The first kappa shape index (κ1) is 58.4. The first-order valence-corrected chi connectivity index (χ1v) is 26.9. The minimum Gasteiger partial charge on any atom is -0.462 e. The molecule has 366 valence electrons. The number of hydrogen-bond acceptors (Lipinski definition) is 11. The summed E-state index contributed by atoms with van der Waals surface area (Å²) in [6.07, 6.45) is 34.0. The van der Waals surface area contributed by atoms with Crippen molar-refractivity contribution in [3.05, 3.63) is 12.2 Å². The number of carbonyl (C=O) groups is 2. The molecule has 13 heteroatoms. The van der Waals surface area contributed by atoms with Gasteiger partial charge in [0.05, 0.1) is 6.61 Å². The molecule has 6 atom stereocenters. The van der Waals surface area contributed by atoms with Gasteiger partial charge in [-0.3, -0.25) is 14.1 Å². The highest BCUT2D eigenvalue weighted by atomic mass is 32.2. The van der Waals surface area contributed by atoms with Gasteiger partial charge in [0, 0.05) is 12.8 Å². The average molecular weight is 905 g/mol. The Labute approximate surface area is 377 Å². The van der Waals surface area contributed by atoms with Crippen LogP contribution in [0, 0.1) is 0 Å². The average Bonchev–Trinajstić information content (AvgIpc) is 3.24. The van der Waals surface area contributed by atoms with Crippen LogP contribution in [0.1, 0.15) is 232 Å². The second-order valence-corrected chi connectivity index (χ2v) is 19.3. The summed E-state index contributed by atoms with van der Waals surface area (Å²) in [5.74, 6) is -1.98. The number of aliphatic hydroxyl groups excluding tert-OH is 3. The summed E-state index contributed by atoms with van der Waals surface area (Å²) in [5.41, 5.74) is 0. The molecule has 0 saturated carbocycles. The zero-order valence-corrected chi connectivity index (χ0v) is 40.1. The van der Waals surface area contributed by atoms with E-state index in [1.807, 2.05) is 0 Å². The fourth-order valence-corrected chi connectivity index (χ4v) is 8.60. The van der Waals surface area contributed by atoms with Crippen LogP contribution in [0.4, 0.5) is 0 Å². The summed E-state index contributed by atoms with van der Waals surface area (Å²) >= 11 is 0. The molecule has 0 bridgehead atoms. The van der Waals surface area contributed by atoms with E-state index < -0.39 is 71.2 Å². The van der Waals surface area contributed by atoms with E-state index in [0.717, 1.165) is 57.8 Å². The van der Waals surface area contributed by atoms with Crippen LogP contribution < -0.4 is 0 Å². The van der Waals surface area contributed by atoms with Gasteiger partial charge in [0.15, 0.2) is 12.4 Å². The number of esters is 2. The molecule has 1 fully saturated rings. The summed E-state index contributed by atoms with van der Waals surface area (Å²) in [6, 6.07) is 0. The molecule has 0 aromatic carbocycles. The third kappa shape index (κ3) is 33.8. The van der Waals surface area contributed by atoms with E-state index in [0.29, 0.717) is 12.8 Å². The van der Waals surface area contributed by atoms with Crippen molar-refractivity contribution in [3.63, 3.8) is 0 Å². The summed E-state index contributed by atoms with van der Waals surface area (Å²) in [7, 11) is -4.60. The molecule has 1 saturated heterocycles. The van der Waals surface area contributed by atoms with Crippen LogP contribution in [0.15, 0.2) is 12.2 Å². The molecular formula is C49H92O12S. The van der Waals surface area contributed by atoms with E-state index >= 15 is 0 Å².